The van der Waals surface area contributed by atoms with E-state index in [-0.39, 0.29) is 0 Å². The lowest BCUT2D eigenvalue weighted by molar-refractivity contribution is 0.974. The first-order valence-corrected chi connectivity index (χ1v) is 1.22. The Kier molecular flexibility index (Phi) is 0.350. The van der Waals surface area contributed by atoms with Gasteiger partial charge in [-0.15, -0.1) is 5.43 Å². The molecule has 0 aromatic rings. The molecule has 0 bridgehead atoms. The van der Waals surface area contributed by atoms with E-state index in [0.29, 0.717) is 0 Å². The molecule has 1 aliphatic rings. The van der Waals surface area contributed by atoms with E-state index in [0.717, 1.165) is 0 Å². The Hall–Kier alpha value is -0.970. The molecule has 1 heterocycles. The summed E-state index contributed by atoms with van der Waals surface area (Å²) in [7, 11) is 0. The van der Waals surface area contributed by atoms with Crippen molar-refractivity contribution >= 4 is 5.87 Å². The molecule has 23 valence electrons. The van der Waals surface area contributed by atoms with Gasteiger partial charge in [-0.25, -0.2) is 0 Å². The molecule has 0 N–H and O–H groups in total. The molecule has 0 amide bonds. The number of nitrogens with zero attached hydrogens (tertiary/aromatic N) is 2. The van der Waals surface area contributed by atoms with Gasteiger partial charge in [0.1, 0.15) is 6.20 Å². The van der Waals surface area contributed by atoms with Gasteiger partial charge >= 0.3 is 0 Å². The van der Waals surface area contributed by atoms with Gasteiger partial charge in [0, 0.05) is 0 Å². The van der Waals surface area contributed by atoms with Crippen molar-refractivity contribution in [1.82, 2.24) is 5.43 Å². The summed E-state index contributed by atoms with van der Waals surface area (Å²) in [6.07, 6.45) is 1.46. The van der Waals surface area contributed by atoms with E-state index in [9.17, 15) is 0 Å². The van der Waals surface area contributed by atoms with Crippen LogP contribution in [0.1, 0.15) is 0 Å². The lowest BCUT2D eigenvalue weighted by Crippen LogP contribution is -1.70. The van der Waals surface area contributed by atoms with Crippen LogP contribution in [-0.2, 0) is 0 Å². The van der Waals surface area contributed by atoms with Crippen LogP contribution < -0.4 is 5.43 Å². The summed E-state index contributed by atoms with van der Waals surface area (Å²) < 4.78 is 0. The highest BCUT2D eigenvalue weighted by Gasteiger charge is 1.66. The summed E-state index contributed by atoms with van der Waals surface area (Å²) in [6, 6.07) is 0. The fourth-order valence-corrected chi connectivity index (χ4v) is 0.144. The predicted molar refractivity (Wildman–Crippen MR) is 17.7 cm³/mol. The van der Waals surface area contributed by atoms with Gasteiger partial charge in [0.15, 0.2) is 0 Å². The van der Waals surface area contributed by atoms with Gasteiger partial charge in [0.25, 0.3) is 0 Å². The molecule has 0 aromatic carbocycles. The molecule has 0 saturated heterocycles. The molecule has 0 fully saturated rings. The molecule has 2 nitrogen and oxygen atoms in total. The zero-order chi connectivity index (χ0) is 3.54. The van der Waals surface area contributed by atoms with Crippen LogP contribution in [-0.4, -0.2) is 5.87 Å². The Morgan fingerprint density at radius 3 is 2.80 bits per heavy atom. The molecular formula is C3HN2. The lowest BCUT2D eigenvalue weighted by atomic mass is 10.9. The van der Waals surface area contributed by atoms with E-state index in [1.54, 1.807) is 0 Å². The molecule has 1 rings (SSSR count). The van der Waals surface area contributed by atoms with Gasteiger partial charge in [-0.05, 0) is 5.73 Å². The van der Waals surface area contributed by atoms with Crippen molar-refractivity contribution in [3.05, 3.63) is 11.9 Å². The second-order valence-corrected chi connectivity index (χ2v) is 0.601. The molecule has 0 unspecified atom stereocenters. The molecule has 0 atom stereocenters. The fraction of sp³-hybridized carbons (Fsp3) is 0. The van der Waals surface area contributed by atoms with Gasteiger partial charge in [0.05, 0.1) is 5.87 Å². The second-order valence-electron chi connectivity index (χ2n) is 0.601. The summed E-state index contributed by atoms with van der Waals surface area (Å²) >= 11 is 0. The minimum Gasteiger partial charge on any atom is -0.140 e. The fourth-order valence-electron chi connectivity index (χ4n) is 0.144. The minimum atomic E-state index is 1.46. The van der Waals surface area contributed by atoms with Crippen LogP contribution in [0.15, 0.2) is 17.0 Å². The molecule has 1 radical (unpaired) electrons. The number of rotatable bonds is 0. The topological polar surface area (TPSA) is 26.5 Å². The van der Waals surface area contributed by atoms with Gasteiger partial charge in [0.2, 0.25) is 0 Å². The third-order valence-corrected chi connectivity index (χ3v) is 0.295. The van der Waals surface area contributed by atoms with Crippen molar-refractivity contribution in [1.29, 1.82) is 0 Å². The number of hydrogen-bond donors (Lipinski definition) is 0. The van der Waals surface area contributed by atoms with Crippen LogP contribution in [0.2, 0.25) is 0 Å². The first-order valence-electron chi connectivity index (χ1n) is 1.22. The predicted octanol–water partition coefficient (Wildman–Crippen LogP) is -0.142. The smallest absolute Gasteiger partial charge is 0.102 e. The van der Waals surface area contributed by atoms with Gasteiger partial charge in [-0.3, -0.25) is 0 Å². The van der Waals surface area contributed by atoms with Crippen molar-refractivity contribution in [3.8, 4) is 0 Å². The Morgan fingerprint density at radius 2 is 2.60 bits per heavy atom. The third-order valence-electron chi connectivity index (χ3n) is 0.295. The first kappa shape index (κ1) is 2.28. The quantitative estimate of drug-likeness (QED) is 0.351. The molecule has 0 aliphatic carbocycles. The van der Waals surface area contributed by atoms with Crippen LogP contribution >= 0.6 is 0 Å². The Morgan fingerprint density at radius 1 is 1.60 bits per heavy atom. The highest BCUT2D eigenvalue weighted by molar-refractivity contribution is 5.51. The SMILES string of the molecule is C1=C=N[N]C=1. The summed E-state index contributed by atoms with van der Waals surface area (Å²) in [5.41, 5.74) is 5.88. The van der Waals surface area contributed by atoms with E-state index in [2.05, 4.69) is 22.1 Å². The average Bonchev–Trinajstić information content (AvgIpc) is 1.76. The average molecular weight is 65.1 g/mol. The van der Waals surface area contributed by atoms with Gasteiger partial charge < -0.3 is 0 Å². The maximum atomic E-state index is 3.36. The van der Waals surface area contributed by atoms with E-state index in [4.69, 9.17) is 0 Å². The van der Waals surface area contributed by atoms with E-state index in [1.165, 1.54) is 6.20 Å². The normalized spacial score (nSPS) is 12.8. The minimum absolute atomic E-state index is 1.46. The lowest BCUT2D eigenvalue weighted by Gasteiger charge is -1.59. The summed E-state index contributed by atoms with van der Waals surface area (Å²) in [5, 5.41) is 3.29. The van der Waals surface area contributed by atoms with Crippen LogP contribution in [0.5, 0.6) is 0 Å². The highest BCUT2D eigenvalue weighted by Crippen LogP contribution is 1.63. The Bertz CT molecular complexity index is 98.9. The Labute approximate surface area is 29.5 Å². The third kappa shape index (κ3) is 0.198. The van der Waals surface area contributed by atoms with E-state index >= 15 is 0 Å². The molecule has 0 spiro atoms. The largest absolute Gasteiger partial charge is 0.140 e. The van der Waals surface area contributed by atoms with Crippen molar-refractivity contribution in [2.45, 2.75) is 0 Å². The second kappa shape index (κ2) is 0.769. The summed E-state index contributed by atoms with van der Waals surface area (Å²) in [6.45, 7) is 0. The first-order chi connectivity index (χ1) is 2.50. The maximum Gasteiger partial charge on any atom is 0.102 e. The number of hydrogen-bond acceptors (Lipinski definition) is 1. The van der Waals surface area contributed by atoms with Crippen molar-refractivity contribution < 1.29 is 0 Å². The van der Waals surface area contributed by atoms with Crippen LogP contribution in [0.3, 0.4) is 0 Å². The molecule has 5 heavy (non-hydrogen) atoms. The van der Waals surface area contributed by atoms with Gasteiger partial charge in [-0.2, -0.15) is 0 Å². The highest BCUT2D eigenvalue weighted by atomic mass is 15.3. The monoisotopic (exact) mass is 65.0 g/mol. The summed E-state index contributed by atoms with van der Waals surface area (Å²) in [5.74, 6) is 2.38. The molecule has 0 saturated carbocycles. The van der Waals surface area contributed by atoms with E-state index in [1.807, 2.05) is 0 Å². The zero-order valence-electron chi connectivity index (χ0n) is 2.47. The standard InChI is InChI=1S/C3HN2/c1-2-4-5-3-1/h2H. The van der Waals surface area contributed by atoms with Crippen molar-refractivity contribution in [2.75, 3.05) is 0 Å². The molecular weight excluding hydrogens is 64.0 g/mol. The van der Waals surface area contributed by atoms with Crippen LogP contribution in [0.4, 0.5) is 0 Å². The van der Waals surface area contributed by atoms with Crippen LogP contribution in [0, 0.1) is 0 Å². The molecule has 1 aliphatic heterocycles. The van der Waals surface area contributed by atoms with Crippen molar-refractivity contribution in [2.24, 2.45) is 5.10 Å². The Balaban J connectivity index is 3.17. The van der Waals surface area contributed by atoms with E-state index < -0.39 is 0 Å². The maximum absolute atomic E-state index is 3.36. The summed E-state index contributed by atoms with van der Waals surface area (Å²) in [4.78, 5) is 0. The van der Waals surface area contributed by atoms with Gasteiger partial charge in [-0.1, -0.05) is 5.10 Å². The van der Waals surface area contributed by atoms with Crippen LogP contribution in [0.25, 0.3) is 0 Å². The van der Waals surface area contributed by atoms with Crippen molar-refractivity contribution in [3.63, 3.8) is 0 Å². The zero-order valence-corrected chi connectivity index (χ0v) is 2.47. The molecule has 0 aromatic heterocycles. The molecule has 2 heteroatoms.